The minimum absolute atomic E-state index is 0.0569. The molecule has 7 nitrogen and oxygen atoms in total. The Kier molecular flexibility index (Phi) is 6.16. The molecule has 4 rings (SSSR count). The number of nitrogens with zero attached hydrogens (tertiary/aromatic N) is 2. The number of nitrogens with one attached hydrogen (secondary N) is 2. The summed E-state index contributed by atoms with van der Waals surface area (Å²) in [5, 5.41) is 5.82. The highest BCUT2D eigenvalue weighted by molar-refractivity contribution is 6.30. The number of imide groups is 1. The van der Waals surface area contributed by atoms with Gasteiger partial charge in [0.1, 0.15) is 12.2 Å². The highest BCUT2D eigenvalue weighted by atomic mass is 35.5. The third-order valence-corrected chi connectivity index (χ3v) is 6.97. The first kappa shape index (κ1) is 23.8. The minimum Gasteiger partial charge on any atom is -0.369 e. The largest absolute Gasteiger partial charge is 0.369 e. The monoisotopic (exact) mass is 480 g/mol. The summed E-state index contributed by atoms with van der Waals surface area (Å²) in [7, 11) is 2.11. The molecular weight excluding hydrogens is 452 g/mol. The van der Waals surface area contributed by atoms with Gasteiger partial charge in [0, 0.05) is 29.0 Å². The summed E-state index contributed by atoms with van der Waals surface area (Å²) in [6.07, 6.45) is 2.71. The second-order valence-corrected chi connectivity index (χ2v) is 10.1. The van der Waals surface area contributed by atoms with Crippen molar-refractivity contribution in [2.24, 2.45) is 0 Å². The summed E-state index contributed by atoms with van der Waals surface area (Å²) in [5.41, 5.74) is 5.02. The topological polar surface area (TPSA) is 81.8 Å². The first-order valence-electron chi connectivity index (χ1n) is 11.2. The molecule has 0 aliphatic carbocycles. The molecule has 0 saturated carbocycles. The van der Waals surface area contributed by atoms with Crippen molar-refractivity contribution in [1.29, 1.82) is 0 Å². The van der Waals surface area contributed by atoms with Crippen LogP contribution in [0.1, 0.15) is 49.8 Å². The molecule has 178 valence electrons. The molecule has 2 aliphatic rings. The number of urea groups is 1. The standard InChI is InChI=1S/C26H29ClN4O3/c1-15-10-22-20(16(2)13-26(3,4)30(22)5)11-17(15)12-21-24(33)31(25(34)29-21)14-23(32)28-19-8-6-18(27)7-9-19/h6-12,16H,13-14H2,1-5H3,(H,28,32)(H,29,34)/b21-12-/t16-/m1/s1. The SMILES string of the molecule is Cc1cc2c(cc1/C=C1\NC(=O)N(CC(=O)Nc3ccc(Cl)cc3)C1=O)[C@H](C)CC(C)(C)N2C. The molecule has 0 bridgehead atoms. The second-order valence-electron chi connectivity index (χ2n) is 9.68. The van der Waals surface area contributed by atoms with Crippen LogP contribution in [-0.2, 0) is 9.59 Å². The van der Waals surface area contributed by atoms with Crippen LogP contribution >= 0.6 is 11.6 Å². The summed E-state index contributed by atoms with van der Waals surface area (Å²) in [4.78, 5) is 41.0. The van der Waals surface area contributed by atoms with Crippen LogP contribution in [-0.4, -0.2) is 41.9 Å². The number of halogens is 1. The Morgan fingerprint density at radius 3 is 2.59 bits per heavy atom. The van der Waals surface area contributed by atoms with Crippen molar-refractivity contribution in [3.05, 3.63) is 63.8 Å². The van der Waals surface area contributed by atoms with Crippen LogP contribution in [0.15, 0.2) is 42.1 Å². The quantitative estimate of drug-likeness (QED) is 0.481. The number of rotatable bonds is 4. The molecule has 1 fully saturated rings. The number of hydrogen-bond acceptors (Lipinski definition) is 4. The molecule has 4 amide bonds. The zero-order valence-electron chi connectivity index (χ0n) is 20.0. The third kappa shape index (κ3) is 4.53. The normalized spacial score (nSPS) is 20.4. The van der Waals surface area contributed by atoms with Crippen molar-refractivity contribution >= 4 is 46.9 Å². The van der Waals surface area contributed by atoms with Crippen molar-refractivity contribution in [2.75, 3.05) is 23.8 Å². The highest BCUT2D eigenvalue weighted by Crippen LogP contribution is 2.43. The van der Waals surface area contributed by atoms with Crippen LogP contribution in [0.4, 0.5) is 16.2 Å². The first-order valence-corrected chi connectivity index (χ1v) is 11.6. The van der Waals surface area contributed by atoms with Gasteiger partial charge in [0.2, 0.25) is 5.91 Å². The summed E-state index contributed by atoms with van der Waals surface area (Å²) >= 11 is 5.86. The van der Waals surface area contributed by atoms with Gasteiger partial charge in [-0.2, -0.15) is 0 Å². The Hall–Kier alpha value is -3.32. The van der Waals surface area contributed by atoms with Crippen molar-refractivity contribution < 1.29 is 14.4 Å². The summed E-state index contributed by atoms with van der Waals surface area (Å²) in [6.45, 7) is 8.30. The lowest BCUT2D eigenvalue weighted by atomic mass is 9.79. The maximum absolute atomic E-state index is 12.9. The highest BCUT2D eigenvalue weighted by Gasteiger charge is 2.36. The van der Waals surface area contributed by atoms with E-state index in [1.54, 1.807) is 30.3 Å². The molecule has 2 aromatic carbocycles. The Balaban J connectivity index is 1.54. The number of benzene rings is 2. The fraction of sp³-hybridized carbons (Fsp3) is 0.346. The van der Waals surface area contributed by atoms with Crippen molar-refractivity contribution in [3.63, 3.8) is 0 Å². The average Bonchev–Trinajstić information content (AvgIpc) is 3.02. The van der Waals surface area contributed by atoms with Crippen LogP contribution in [0.3, 0.4) is 0 Å². The molecule has 2 N–H and O–H groups in total. The Bertz CT molecular complexity index is 1200. The van der Waals surface area contributed by atoms with E-state index in [2.05, 4.69) is 55.5 Å². The number of hydrogen-bond donors (Lipinski definition) is 2. The molecule has 2 aliphatic heterocycles. The lowest BCUT2D eigenvalue weighted by Crippen LogP contribution is -2.45. The van der Waals surface area contributed by atoms with E-state index in [4.69, 9.17) is 11.6 Å². The maximum Gasteiger partial charge on any atom is 0.329 e. The molecule has 0 aromatic heterocycles. The predicted octanol–water partition coefficient (Wildman–Crippen LogP) is 4.90. The molecule has 0 radical (unpaired) electrons. The van der Waals surface area contributed by atoms with Crippen molar-refractivity contribution in [2.45, 2.75) is 45.6 Å². The number of aryl methyl sites for hydroxylation is 1. The van der Waals surface area contributed by atoms with E-state index >= 15 is 0 Å². The molecule has 1 saturated heterocycles. The molecule has 8 heteroatoms. The minimum atomic E-state index is -0.618. The fourth-order valence-electron chi connectivity index (χ4n) is 4.64. The van der Waals surface area contributed by atoms with Crippen LogP contribution in [0, 0.1) is 6.92 Å². The number of carbonyl (C=O) groups is 3. The van der Waals surface area contributed by atoms with Gasteiger partial charge in [-0.3, -0.25) is 9.59 Å². The van der Waals surface area contributed by atoms with Gasteiger partial charge < -0.3 is 15.5 Å². The fourth-order valence-corrected chi connectivity index (χ4v) is 4.76. The van der Waals surface area contributed by atoms with E-state index in [0.717, 1.165) is 22.4 Å². The lowest BCUT2D eigenvalue weighted by molar-refractivity contribution is -0.127. The van der Waals surface area contributed by atoms with E-state index in [9.17, 15) is 14.4 Å². The lowest BCUT2D eigenvalue weighted by Gasteiger charge is -2.45. The van der Waals surface area contributed by atoms with Gasteiger partial charge in [0.25, 0.3) is 5.91 Å². The van der Waals surface area contributed by atoms with Crippen molar-refractivity contribution in [3.8, 4) is 0 Å². The molecule has 2 heterocycles. The van der Waals surface area contributed by atoms with E-state index in [-0.39, 0.29) is 17.8 Å². The van der Waals surface area contributed by atoms with Crippen LogP contribution in [0.2, 0.25) is 5.02 Å². The van der Waals surface area contributed by atoms with Crippen LogP contribution in [0.25, 0.3) is 6.08 Å². The van der Waals surface area contributed by atoms with E-state index in [1.807, 2.05) is 6.92 Å². The van der Waals surface area contributed by atoms with Gasteiger partial charge in [-0.25, -0.2) is 9.69 Å². The van der Waals surface area contributed by atoms with Gasteiger partial charge in [-0.05, 0) is 92.3 Å². The molecule has 34 heavy (non-hydrogen) atoms. The molecule has 0 spiro atoms. The molecule has 2 aromatic rings. The Morgan fingerprint density at radius 1 is 1.24 bits per heavy atom. The first-order chi connectivity index (χ1) is 16.0. The molecule has 1 atom stereocenters. The molecule has 0 unspecified atom stereocenters. The average molecular weight is 481 g/mol. The van der Waals surface area contributed by atoms with Crippen LogP contribution in [0.5, 0.6) is 0 Å². The van der Waals surface area contributed by atoms with Gasteiger partial charge >= 0.3 is 6.03 Å². The third-order valence-electron chi connectivity index (χ3n) is 6.71. The number of amides is 4. The zero-order valence-corrected chi connectivity index (χ0v) is 20.8. The van der Waals surface area contributed by atoms with Gasteiger partial charge in [0.15, 0.2) is 0 Å². The summed E-state index contributed by atoms with van der Waals surface area (Å²) in [5.74, 6) is -0.642. The van der Waals surface area contributed by atoms with Gasteiger partial charge in [-0.1, -0.05) is 18.5 Å². The predicted molar refractivity (Wildman–Crippen MR) is 135 cm³/mol. The van der Waals surface area contributed by atoms with E-state index in [0.29, 0.717) is 16.6 Å². The van der Waals surface area contributed by atoms with E-state index < -0.39 is 17.8 Å². The maximum atomic E-state index is 12.9. The number of fused-ring (bicyclic) bond motifs is 1. The van der Waals surface area contributed by atoms with Crippen LogP contribution < -0.4 is 15.5 Å². The van der Waals surface area contributed by atoms with Gasteiger partial charge in [-0.15, -0.1) is 0 Å². The second kappa shape index (κ2) is 8.80. The zero-order chi connectivity index (χ0) is 24.8. The van der Waals surface area contributed by atoms with E-state index in [1.165, 1.54) is 11.3 Å². The Morgan fingerprint density at radius 2 is 1.91 bits per heavy atom. The number of anilines is 2. The van der Waals surface area contributed by atoms with Gasteiger partial charge in [0.05, 0.1) is 0 Å². The number of carbonyl (C=O) groups excluding carboxylic acids is 3. The summed E-state index contributed by atoms with van der Waals surface area (Å²) in [6, 6.07) is 10.2. The molecular formula is C26H29ClN4O3. The van der Waals surface area contributed by atoms with Crippen molar-refractivity contribution in [1.82, 2.24) is 10.2 Å². The summed E-state index contributed by atoms with van der Waals surface area (Å²) < 4.78 is 0. The smallest absolute Gasteiger partial charge is 0.329 e. The Labute approximate surface area is 204 Å².